The highest BCUT2D eigenvalue weighted by molar-refractivity contribution is 7.89. The Balaban J connectivity index is 2.83. The van der Waals surface area contributed by atoms with Crippen molar-refractivity contribution in [2.24, 2.45) is 0 Å². The molecule has 2 atom stereocenters. The van der Waals surface area contributed by atoms with Gasteiger partial charge in [0.05, 0.1) is 5.25 Å². The van der Waals surface area contributed by atoms with Crippen molar-refractivity contribution in [1.29, 1.82) is 0 Å². The maximum Gasteiger partial charge on any atom is 0.322 e. The van der Waals surface area contributed by atoms with E-state index in [4.69, 9.17) is 9.84 Å². The zero-order valence-electron chi connectivity index (χ0n) is 10.8. The highest BCUT2D eigenvalue weighted by atomic mass is 32.2. The number of piperidine rings is 1. The van der Waals surface area contributed by atoms with Gasteiger partial charge < -0.3 is 9.84 Å². The molecule has 0 aromatic heterocycles. The number of ether oxygens (including phenoxy) is 1. The number of aliphatic carboxylic acids is 1. The maximum absolute atomic E-state index is 12.3. The number of carbonyl (C=O) groups is 1. The van der Waals surface area contributed by atoms with Crippen molar-refractivity contribution < 1.29 is 23.1 Å². The van der Waals surface area contributed by atoms with Gasteiger partial charge in [0.15, 0.2) is 0 Å². The van der Waals surface area contributed by atoms with Gasteiger partial charge >= 0.3 is 5.97 Å². The van der Waals surface area contributed by atoms with Gasteiger partial charge in [0.25, 0.3) is 0 Å². The lowest BCUT2D eigenvalue weighted by atomic mass is 10.1. The summed E-state index contributed by atoms with van der Waals surface area (Å²) in [6, 6.07) is -0.909. The van der Waals surface area contributed by atoms with E-state index in [1.807, 2.05) is 0 Å². The maximum atomic E-state index is 12.3. The monoisotopic (exact) mass is 279 g/mol. The van der Waals surface area contributed by atoms with Crippen LogP contribution in [0, 0.1) is 0 Å². The summed E-state index contributed by atoms with van der Waals surface area (Å²) in [5.74, 6) is -1.06. The normalized spacial score (nSPS) is 23.8. The van der Waals surface area contributed by atoms with Gasteiger partial charge in [0.1, 0.15) is 6.04 Å². The van der Waals surface area contributed by atoms with E-state index in [1.54, 1.807) is 6.92 Å². The fraction of sp³-hybridized carbons (Fsp3) is 0.909. The van der Waals surface area contributed by atoms with Crippen molar-refractivity contribution >= 4 is 16.0 Å². The van der Waals surface area contributed by atoms with Crippen LogP contribution >= 0.6 is 0 Å². The molecule has 1 saturated heterocycles. The van der Waals surface area contributed by atoms with Crippen molar-refractivity contribution in [1.82, 2.24) is 4.31 Å². The Hall–Kier alpha value is -0.660. The Bertz CT molecular complexity index is 381. The van der Waals surface area contributed by atoms with Crippen molar-refractivity contribution in [3.8, 4) is 0 Å². The molecule has 0 radical (unpaired) electrons. The summed E-state index contributed by atoms with van der Waals surface area (Å²) < 4.78 is 30.6. The largest absolute Gasteiger partial charge is 0.480 e. The van der Waals surface area contributed by atoms with Crippen LogP contribution < -0.4 is 0 Å². The quantitative estimate of drug-likeness (QED) is 0.773. The third kappa shape index (κ3) is 3.43. The van der Waals surface area contributed by atoms with Crippen molar-refractivity contribution in [3.63, 3.8) is 0 Å². The predicted octanol–water partition coefficient (Wildman–Crippen LogP) is 0.680. The first-order valence-electron chi connectivity index (χ1n) is 6.13. The fourth-order valence-corrected chi connectivity index (χ4v) is 3.91. The summed E-state index contributed by atoms with van der Waals surface area (Å²) >= 11 is 0. The molecule has 0 spiro atoms. The Morgan fingerprint density at radius 1 is 1.50 bits per heavy atom. The molecule has 1 fully saturated rings. The van der Waals surface area contributed by atoms with Gasteiger partial charge in [0.2, 0.25) is 10.0 Å². The molecule has 0 bridgehead atoms. The van der Waals surface area contributed by atoms with Crippen molar-refractivity contribution in [2.45, 2.75) is 43.9 Å². The number of methoxy groups -OCH3 is 1. The minimum Gasteiger partial charge on any atom is -0.480 e. The Kier molecular flexibility index (Phi) is 5.55. The zero-order valence-corrected chi connectivity index (χ0v) is 11.6. The van der Waals surface area contributed by atoms with E-state index in [-0.39, 0.29) is 0 Å². The summed E-state index contributed by atoms with van der Waals surface area (Å²) in [6.45, 7) is 2.25. The van der Waals surface area contributed by atoms with Crippen LogP contribution in [0.4, 0.5) is 0 Å². The van der Waals surface area contributed by atoms with Crippen LogP contribution in [0.25, 0.3) is 0 Å². The molecule has 106 valence electrons. The second kappa shape index (κ2) is 6.49. The number of hydrogen-bond acceptors (Lipinski definition) is 4. The lowest BCUT2D eigenvalue weighted by molar-refractivity contribution is -0.142. The SMILES string of the molecule is COCCC(C)S(=O)(=O)N1CCCCC1C(=O)O. The summed E-state index contributed by atoms with van der Waals surface area (Å²) in [4.78, 5) is 11.1. The van der Waals surface area contributed by atoms with Crippen molar-refractivity contribution in [2.75, 3.05) is 20.3 Å². The molecular formula is C11H21NO5S. The first kappa shape index (κ1) is 15.4. The third-order valence-electron chi connectivity index (χ3n) is 3.30. The second-order valence-corrected chi connectivity index (χ2v) is 6.90. The molecule has 0 aromatic carbocycles. The summed E-state index contributed by atoms with van der Waals surface area (Å²) in [7, 11) is -2.04. The molecule has 7 heteroatoms. The average Bonchev–Trinajstić information content (AvgIpc) is 2.35. The summed E-state index contributed by atoms with van der Waals surface area (Å²) in [5.41, 5.74) is 0. The predicted molar refractivity (Wildman–Crippen MR) is 66.9 cm³/mol. The third-order valence-corrected chi connectivity index (χ3v) is 5.65. The summed E-state index contributed by atoms with van der Waals surface area (Å²) in [6.07, 6.45) is 2.25. The van der Waals surface area contributed by atoms with Crippen LogP contribution in [0.15, 0.2) is 0 Å². The molecule has 18 heavy (non-hydrogen) atoms. The molecule has 2 unspecified atom stereocenters. The average molecular weight is 279 g/mol. The van der Waals surface area contributed by atoms with E-state index in [9.17, 15) is 13.2 Å². The van der Waals surface area contributed by atoms with E-state index in [0.717, 1.165) is 17.1 Å². The molecule has 6 nitrogen and oxygen atoms in total. The lowest BCUT2D eigenvalue weighted by Crippen LogP contribution is -2.50. The Morgan fingerprint density at radius 3 is 2.72 bits per heavy atom. The lowest BCUT2D eigenvalue weighted by Gasteiger charge is -2.33. The number of hydrogen-bond donors (Lipinski definition) is 1. The van der Waals surface area contributed by atoms with Gasteiger partial charge in [-0.25, -0.2) is 8.42 Å². The van der Waals surface area contributed by atoms with Crippen LogP contribution in [0.2, 0.25) is 0 Å². The smallest absolute Gasteiger partial charge is 0.322 e. The number of nitrogens with zero attached hydrogens (tertiary/aromatic N) is 1. The van der Waals surface area contributed by atoms with E-state index >= 15 is 0 Å². The van der Waals surface area contributed by atoms with Crippen LogP contribution in [0.3, 0.4) is 0 Å². The molecular weight excluding hydrogens is 258 g/mol. The fourth-order valence-electron chi connectivity index (χ4n) is 2.12. The Morgan fingerprint density at radius 2 is 2.17 bits per heavy atom. The number of rotatable bonds is 6. The first-order valence-corrected chi connectivity index (χ1v) is 7.64. The topological polar surface area (TPSA) is 83.9 Å². The molecule has 1 aliphatic rings. The van der Waals surface area contributed by atoms with Gasteiger partial charge in [-0.05, 0) is 32.6 Å². The molecule has 1 rings (SSSR count). The molecule has 0 saturated carbocycles. The van der Waals surface area contributed by atoms with Crippen LogP contribution in [0.5, 0.6) is 0 Å². The van der Waals surface area contributed by atoms with Crippen LogP contribution in [0.1, 0.15) is 32.6 Å². The van der Waals surface area contributed by atoms with Gasteiger partial charge in [-0.3, -0.25) is 4.79 Å². The zero-order chi connectivity index (χ0) is 13.8. The first-order chi connectivity index (χ1) is 8.41. The highest BCUT2D eigenvalue weighted by Crippen LogP contribution is 2.24. The van der Waals surface area contributed by atoms with Crippen molar-refractivity contribution in [3.05, 3.63) is 0 Å². The highest BCUT2D eigenvalue weighted by Gasteiger charge is 2.39. The van der Waals surface area contributed by atoms with Crippen LogP contribution in [-0.2, 0) is 19.6 Å². The van der Waals surface area contributed by atoms with E-state index in [2.05, 4.69) is 0 Å². The molecule has 0 aliphatic carbocycles. The van der Waals surface area contributed by atoms with Gasteiger partial charge in [0, 0.05) is 20.3 Å². The molecule has 0 amide bonds. The van der Waals surface area contributed by atoms with E-state index in [0.29, 0.717) is 26.0 Å². The number of carboxylic acid groups (broad SMARTS) is 1. The Labute approximate surface area is 108 Å². The van der Waals surface area contributed by atoms with E-state index < -0.39 is 27.3 Å². The van der Waals surface area contributed by atoms with Gasteiger partial charge in [-0.15, -0.1) is 0 Å². The summed E-state index contributed by atoms with van der Waals surface area (Å²) in [5, 5.41) is 8.49. The van der Waals surface area contributed by atoms with Gasteiger partial charge in [-0.2, -0.15) is 4.31 Å². The standard InChI is InChI=1S/C11H21NO5S/c1-9(6-8-17-2)18(15,16)12-7-4-3-5-10(12)11(13)14/h9-10H,3-8H2,1-2H3,(H,13,14). The minimum absolute atomic E-state index is 0.302. The van der Waals surface area contributed by atoms with E-state index in [1.165, 1.54) is 7.11 Å². The second-order valence-electron chi connectivity index (χ2n) is 4.60. The molecule has 1 heterocycles. The number of carboxylic acids is 1. The molecule has 0 aromatic rings. The van der Waals surface area contributed by atoms with Gasteiger partial charge in [-0.1, -0.05) is 0 Å². The minimum atomic E-state index is -3.56. The number of sulfonamides is 1. The molecule has 1 aliphatic heterocycles. The van der Waals surface area contributed by atoms with Crippen LogP contribution in [-0.4, -0.2) is 55.4 Å². The molecule has 1 N–H and O–H groups in total.